The second-order valence-corrected chi connectivity index (χ2v) is 4.29. The van der Waals surface area contributed by atoms with Crippen molar-refractivity contribution in [2.75, 3.05) is 13.2 Å². The number of hydrogen-bond acceptors (Lipinski definition) is 5. The molecule has 0 amide bonds. The summed E-state index contributed by atoms with van der Waals surface area (Å²) in [7, 11) is 0. The largest absolute Gasteiger partial charge is 0.481 e. The third-order valence-electron chi connectivity index (χ3n) is 2.72. The van der Waals surface area contributed by atoms with Gasteiger partial charge in [0, 0.05) is 0 Å². The maximum Gasteiger partial charge on any atom is 0.344 e. The van der Waals surface area contributed by atoms with Gasteiger partial charge < -0.3 is 13.9 Å². The zero-order valence-electron chi connectivity index (χ0n) is 11.3. The third kappa shape index (κ3) is 3.60. The van der Waals surface area contributed by atoms with Crippen LogP contribution >= 0.6 is 0 Å². The number of carbonyl (C=O) groups is 1. The Morgan fingerprint density at radius 2 is 2.10 bits per heavy atom. The van der Waals surface area contributed by atoms with Crippen LogP contribution < -0.4 is 10.4 Å². The number of rotatable bonds is 6. The fourth-order valence-corrected chi connectivity index (χ4v) is 1.71. The molecule has 2 aromatic rings. The summed E-state index contributed by atoms with van der Waals surface area (Å²) in [5.41, 5.74) is -0.0904. The highest BCUT2D eigenvalue weighted by atomic mass is 16.6. The smallest absolute Gasteiger partial charge is 0.344 e. The molecule has 0 spiro atoms. The predicted molar refractivity (Wildman–Crippen MR) is 73.8 cm³/mol. The van der Waals surface area contributed by atoms with Crippen molar-refractivity contribution in [3.05, 3.63) is 40.8 Å². The number of carbonyl (C=O) groups excluding carboxylic acids is 1. The predicted octanol–water partition coefficient (Wildman–Crippen LogP) is 2.52. The molecule has 1 aromatic heterocycles. The van der Waals surface area contributed by atoms with Gasteiger partial charge in [0.25, 0.3) is 0 Å². The Kier molecular flexibility index (Phi) is 4.76. The standard InChI is InChI=1S/C15H16O5/c1-2-3-8-18-15(17)10-19-13-9-14(16)20-12-7-5-4-6-11(12)13/h4-7,9H,2-3,8,10H2,1H3. The lowest BCUT2D eigenvalue weighted by atomic mass is 10.2. The van der Waals surface area contributed by atoms with Gasteiger partial charge in [-0.05, 0) is 18.6 Å². The highest BCUT2D eigenvalue weighted by Crippen LogP contribution is 2.23. The molecule has 1 aromatic carbocycles. The fourth-order valence-electron chi connectivity index (χ4n) is 1.71. The van der Waals surface area contributed by atoms with Crippen LogP contribution in [0.3, 0.4) is 0 Å². The topological polar surface area (TPSA) is 65.7 Å². The van der Waals surface area contributed by atoms with Crippen molar-refractivity contribution in [2.45, 2.75) is 19.8 Å². The maximum atomic E-state index is 11.5. The van der Waals surface area contributed by atoms with E-state index in [9.17, 15) is 9.59 Å². The highest BCUT2D eigenvalue weighted by Gasteiger charge is 2.09. The van der Waals surface area contributed by atoms with E-state index in [1.807, 2.05) is 6.92 Å². The van der Waals surface area contributed by atoms with Crippen LogP contribution in [0.5, 0.6) is 5.75 Å². The van der Waals surface area contributed by atoms with Crippen LogP contribution in [0.1, 0.15) is 19.8 Å². The molecule has 0 N–H and O–H groups in total. The van der Waals surface area contributed by atoms with E-state index in [2.05, 4.69) is 0 Å². The number of ether oxygens (including phenoxy) is 2. The number of esters is 1. The first kappa shape index (κ1) is 14.1. The highest BCUT2D eigenvalue weighted by molar-refractivity contribution is 5.83. The summed E-state index contributed by atoms with van der Waals surface area (Å²) < 4.78 is 15.4. The Morgan fingerprint density at radius 3 is 2.90 bits per heavy atom. The van der Waals surface area contributed by atoms with Crippen molar-refractivity contribution >= 4 is 16.9 Å². The second-order valence-electron chi connectivity index (χ2n) is 4.29. The molecular formula is C15H16O5. The van der Waals surface area contributed by atoms with E-state index >= 15 is 0 Å². The molecule has 2 rings (SSSR count). The van der Waals surface area contributed by atoms with Gasteiger partial charge in [-0.25, -0.2) is 9.59 Å². The van der Waals surface area contributed by atoms with E-state index in [0.29, 0.717) is 23.3 Å². The lowest BCUT2D eigenvalue weighted by Gasteiger charge is -2.08. The van der Waals surface area contributed by atoms with Crippen molar-refractivity contribution in [1.29, 1.82) is 0 Å². The van der Waals surface area contributed by atoms with Crippen LogP contribution in [0.4, 0.5) is 0 Å². The van der Waals surface area contributed by atoms with E-state index in [0.717, 1.165) is 12.8 Å². The lowest BCUT2D eigenvalue weighted by Crippen LogP contribution is -2.16. The van der Waals surface area contributed by atoms with Crippen molar-refractivity contribution in [3.8, 4) is 5.75 Å². The molecule has 0 fully saturated rings. The van der Waals surface area contributed by atoms with Crippen molar-refractivity contribution in [3.63, 3.8) is 0 Å². The van der Waals surface area contributed by atoms with Gasteiger partial charge >= 0.3 is 11.6 Å². The van der Waals surface area contributed by atoms with E-state index < -0.39 is 11.6 Å². The van der Waals surface area contributed by atoms with E-state index in [4.69, 9.17) is 13.9 Å². The van der Waals surface area contributed by atoms with Gasteiger partial charge in [-0.3, -0.25) is 0 Å². The first-order chi connectivity index (χ1) is 9.70. The van der Waals surface area contributed by atoms with Gasteiger partial charge in [0.05, 0.1) is 18.1 Å². The van der Waals surface area contributed by atoms with Crippen molar-refractivity contribution in [1.82, 2.24) is 0 Å². The van der Waals surface area contributed by atoms with E-state index in [1.54, 1.807) is 24.3 Å². The summed E-state index contributed by atoms with van der Waals surface area (Å²) in [6.07, 6.45) is 1.78. The summed E-state index contributed by atoms with van der Waals surface area (Å²) in [6, 6.07) is 8.21. The Bertz CT molecular complexity index is 644. The monoisotopic (exact) mass is 276 g/mol. The molecule has 1 heterocycles. The summed E-state index contributed by atoms with van der Waals surface area (Å²) in [6.45, 7) is 2.17. The van der Waals surface area contributed by atoms with Crippen LogP contribution in [-0.2, 0) is 9.53 Å². The van der Waals surface area contributed by atoms with Gasteiger partial charge in [-0.15, -0.1) is 0 Å². The Balaban J connectivity index is 2.06. The average molecular weight is 276 g/mol. The van der Waals surface area contributed by atoms with Crippen molar-refractivity contribution in [2.24, 2.45) is 0 Å². The number of para-hydroxylation sites is 1. The lowest BCUT2D eigenvalue weighted by molar-refractivity contribution is -0.146. The Labute approximate surface area is 116 Å². The second kappa shape index (κ2) is 6.75. The minimum absolute atomic E-state index is 0.225. The molecule has 0 atom stereocenters. The Morgan fingerprint density at radius 1 is 1.30 bits per heavy atom. The van der Waals surface area contributed by atoms with Gasteiger partial charge in [0.1, 0.15) is 11.3 Å². The van der Waals surface area contributed by atoms with Gasteiger partial charge in [0.15, 0.2) is 6.61 Å². The van der Waals surface area contributed by atoms with Crippen LogP contribution in [0.15, 0.2) is 39.5 Å². The van der Waals surface area contributed by atoms with Gasteiger partial charge in [-0.1, -0.05) is 25.5 Å². The van der Waals surface area contributed by atoms with E-state index in [-0.39, 0.29) is 6.61 Å². The van der Waals surface area contributed by atoms with E-state index in [1.165, 1.54) is 6.07 Å². The van der Waals surface area contributed by atoms with Crippen LogP contribution in [0, 0.1) is 0 Å². The third-order valence-corrected chi connectivity index (χ3v) is 2.72. The van der Waals surface area contributed by atoms with Gasteiger partial charge in [-0.2, -0.15) is 0 Å². The minimum atomic E-state index is -0.516. The molecule has 0 saturated carbocycles. The molecule has 0 aliphatic heterocycles. The molecular weight excluding hydrogens is 260 g/mol. The Hall–Kier alpha value is -2.30. The van der Waals surface area contributed by atoms with Gasteiger partial charge in [0.2, 0.25) is 0 Å². The average Bonchev–Trinajstić information content (AvgIpc) is 2.45. The molecule has 0 aliphatic rings. The molecule has 106 valence electrons. The van der Waals surface area contributed by atoms with Crippen LogP contribution in [0.2, 0.25) is 0 Å². The SMILES string of the molecule is CCCCOC(=O)COc1cc(=O)oc2ccccc12. The normalized spacial score (nSPS) is 10.4. The summed E-state index contributed by atoms with van der Waals surface area (Å²) in [5, 5.41) is 0.647. The molecule has 20 heavy (non-hydrogen) atoms. The molecule has 5 heteroatoms. The number of hydrogen-bond donors (Lipinski definition) is 0. The number of benzene rings is 1. The molecule has 0 aliphatic carbocycles. The first-order valence-electron chi connectivity index (χ1n) is 6.52. The summed E-state index contributed by atoms with van der Waals surface area (Å²) >= 11 is 0. The molecule has 0 unspecified atom stereocenters. The summed E-state index contributed by atoms with van der Waals surface area (Å²) in [4.78, 5) is 22.9. The zero-order chi connectivity index (χ0) is 14.4. The molecule has 0 bridgehead atoms. The van der Waals surface area contributed by atoms with Crippen LogP contribution in [-0.4, -0.2) is 19.2 Å². The quantitative estimate of drug-likeness (QED) is 0.461. The minimum Gasteiger partial charge on any atom is -0.481 e. The summed E-state index contributed by atoms with van der Waals surface area (Å²) in [5.74, 6) is -0.125. The zero-order valence-corrected chi connectivity index (χ0v) is 11.3. The molecule has 0 radical (unpaired) electrons. The first-order valence-corrected chi connectivity index (χ1v) is 6.52. The van der Waals surface area contributed by atoms with Crippen LogP contribution in [0.25, 0.3) is 11.0 Å². The maximum absolute atomic E-state index is 11.5. The number of unbranched alkanes of at least 4 members (excludes halogenated alkanes) is 1. The van der Waals surface area contributed by atoms with Crippen molar-refractivity contribution < 1.29 is 18.7 Å². The number of fused-ring (bicyclic) bond motifs is 1. The molecule has 5 nitrogen and oxygen atoms in total. The fraction of sp³-hybridized carbons (Fsp3) is 0.333. The molecule has 0 saturated heterocycles.